The molecule has 4 heteroatoms. The molecule has 1 amide bonds. The van der Waals surface area contributed by atoms with E-state index >= 15 is 0 Å². The highest BCUT2D eigenvalue weighted by molar-refractivity contribution is 5.81. The van der Waals surface area contributed by atoms with Gasteiger partial charge >= 0.3 is 0 Å². The molecule has 1 fully saturated rings. The van der Waals surface area contributed by atoms with Gasteiger partial charge in [0.15, 0.2) is 0 Å². The largest absolute Gasteiger partial charge is 0.355 e. The molecule has 0 spiro atoms. The number of carbonyl (C=O) groups is 1. The van der Waals surface area contributed by atoms with Gasteiger partial charge in [-0.1, -0.05) is 0 Å². The van der Waals surface area contributed by atoms with Gasteiger partial charge < -0.3 is 15.5 Å². The molecule has 0 aromatic heterocycles. The first kappa shape index (κ1) is 13.5. The molecule has 2 atom stereocenters. The molecule has 0 saturated carbocycles. The Bertz CT molecular complexity index is 218. The number of amides is 1. The Morgan fingerprint density at radius 2 is 2.19 bits per heavy atom. The molecule has 0 bridgehead atoms. The fourth-order valence-electron chi connectivity index (χ4n) is 2.08. The maximum absolute atomic E-state index is 11.8. The van der Waals surface area contributed by atoms with Crippen molar-refractivity contribution in [2.24, 2.45) is 0 Å². The first-order chi connectivity index (χ1) is 7.59. The Balaban J connectivity index is 2.14. The lowest BCUT2D eigenvalue weighted by molar-refractivity contribution is -0.123. The molecular formula is C12H25N3O. The molecule has 2 unspecified atom stereocenters. The van der Waals surface area contributed by atoms with Crippen LogP contribution >= 0.6 is 0 Å². The van der Waals surface area contributed by atoms with E-state index in [9.17, 15) is 4.79 Å². The third-order valence-corrected chi connectivity index (χ3v) is 3.01. The maximum Gasteiger partial charge on any atom is 0.237 e. The van der Waals surface area contributed by atoms with Crippen molar-refractivity contribution in [2.75, 3.05) is 27.2 Å². The van der Waals surface area contributed by atoms with Crippen LogP contribution in [0.25, 0.3) is 0 Å². The van der Waals surface area contributed by atoms with Crippen LogP contribution in [0.3, 0.4) is 0 Å². The average Bonchev–Trinajstić information content (AvgIpc) is 2.24. The SMILES string of the molecule is CC1CCCC(C(=O)NCCCN(C)C)N1. The number of carbonyl (C=O) groups excluding carboxylic acids is 1. The summed E-state index contributed by atoms with van der Waals surface area (Å²) in [6.45, 7) is 3.95. The zero-order valence-electron chi connectivity index (χ0n) is 10.8. The van der Waals surface area contributed by atoms with Crippen LogP contribution < -0.4 is 10.6 Å². The molecule has 1 aliphatic heterocycles. The highest BCUT2D eigenvalue weighted by atomic mass is 16.2. The lowest BCUT2D eigenvalue weighted by Gasteiger charge is -2.27. The molecule has 94 valence electrons. The van der Waals surface area contributed by atoms with Crippen LogP contribution in [0.1, 0.15) is 32.6 Å². The molecule has 16 heavy (non-hydrogen) atoms. The van der Waals surface area contributed by atoms with E-state index in [2.05, 4.69) is 22.5 Å². The fourth-order valence-corrected chi connectivity index (χ4v) is 2.08. The third-order valence-electron chi connectivity index (χ3n) is 3.01. The smallest absolute Gasteiger partial charge is 0.237 e. The number of nitrogens with zero attached hydrogens (tertiary/aromatic N) is 1. The molecule has 2 N–H and O–H groups in total. The summed E-state index contributed by atoms with van der Waals surface area (Å²) in [6, 6.07) is 0.509. The normalized spacial score (nSPS) is 25.8. The number of hydrogen-bond acceptors (Lipinski definition) is 3. The summed E-state index contributed by atoms with van der Waals surface area (Å²) in [5.41, 5.74) is 0. The van der Waals surface area contributed by atoms with Crippen LogP contribution in [0.4, 0.5) is 0 Å². The first-order valence-electron chi connectivity index (χ1n) is 6.28. The van der Waals surface area contributed by atoms with Gasteiger partial charge in [0, 0.05) is 12.6 Å². The van der Waals surface area contributed by atoms with Crippen LogP contribution in [0, 0.1) is 0 Å². The predicted octanol–water partition coefficient (Wildman–Crippen LogP) is 0.585. The minimum absolute atomic E-state index is 0.0307. The van der Waals surface area contributed by atoms with Crippen LogP contribution in [-0.2, 0) is 4.79 Å². The zero-order chi connectivity index (χ0) is 12.0. The van der Waals surface area contributed by atoms with E-state index in [1.165, 1.54) is 6.42 Å². The van der Waals surface area contributed by atoms with Gasteiger partial charge in [-0.2, -0.15) is 0 Å². The fraction of sp³-hybridized carbons (Fsp3) is 0.917. The molecule has 1 heterocycles. The maximum atomic E-state index is 11.8. The van der Waals surface area contributed by atoms with Crippen molar-refractivity contribution in [3.8, 4) is 0 Å². The number of rotatable bonds is 5. The van der Waals surface area contributed by atoms with E-state index in [1.54, 1.807) is 0 Å². The van der Waals surface area contributed by atoms with Gasteiger partial charge in [-0.15, -0.1) is 0 Å². The van der Waals surface area contributed by atoms with Crippen molar-refractivity contribution in [1.29, 1.82) is 0 Å². The summed E-state index contributed by atoms with van der Waals surface area (Å²) >= 11 is 0. The molecule has 4 nitrogen and oxygen atoms in total. The Morgan fingerprint density at radius 3 is 2.81 bits per heavy atom. The second-order valence-electron chi connectivity index (χ2n) is 5.00. The van der Waals surface area contributed by atoms with E-state index in [4.69, 9.17) is 0 Å². The van der Waals surface area contributed by atoms with Crippen LogP contribution in [0.2, 0.25) is 0 Å². The van der Waals surface area contributed by atoms with Gasteiger partial charge in [0.25, 0.3) is 0 Å². The average molecular weight is 227 g/mol. The Hall–Kier alpha value is -0.610. The Morgan fingerprint density at radius 1 is 1.44 bits per heavy atom. The van der Waals surface area contributed by atoms with Gasteiger partial charge in [0.1, 0.15) is 0 Å². The summed E-state index contributed by atoms with van der Waals surface area (Å²) in [4.78, 5) is 13.9. The minimum atomic E-state index is 0.0307. The lowest BCUT2D eigenvalue weighted by Crippen LogP contribution is -2.50. The third kappa shape index (κ3) is 4.94. The van der Waals surface area contributed by atoms with Crippen LogP contribution in [-0.4, -0.2) is 50.1 Å². The molecule has 1 rings (SSSR count). The van der Waals surface area contributed by atoms with Gasteiger partial charge in [-0.25, -0.2) is 0 Å². The van der Waals surface area contributed by atoms with Crippen molar-refractivity contribution >= 4 is 5.91 Å². The minimum Gasteiger partial charge on any atom is -0.355 e. The van der Waals surface area contributed by atoms with Crippen LogP contribution in [0.15, 0.2) is 0 Å². The number of nitrogens with one attached hydrogen (secondary N) is 2. The van der Waals surface area contributed by atoms with Gasteiger partial charge in [-0.05, 0) is 53.2 Å². The monoisotopic (exact) mass is 227 g/mol. The summed E-state index contributed by atoms with van der Waals surface area (Å²) in [7, 11) is 4.10. The Labute approximate surface area is 98.8 Å². The topological polar surface area (TPSA) is 44.4 Å². The summed E-state index contributed by atoms with van der Waals surface area (Å²) in [6.07, 6.45) is 4.33. The van der Waals surface area contributed by atoms with Crippen molar-refractivity contribution in [3.05, 3.63) is 0 Å². The highest BCUT2D eigenvalue weighted by Crippen LogP contribution is 2.12. The molecule has 0 aromatic carbocycles. The van der Waals surface area contributed by atoms with E-state index in [0.29, 0.717) is 6.04 Å². The molecule has 0 aliphatic carbocycles. The second-order valence-corrected chi connectivity index (χ2v) is 5.00. The summed E-state index contributed by atoms with van der Waals surface area (Å²) in [5.74, 6) is 0.172. The van der Waals surface area contributed by atoms with E-state index in [0.717, 1.165) is 32.4 Å². The quantitative estimate of drug-likeness (QED) is 0.676. The molecule has 1 saturated heterocycles. The summed E-state index contributed by atoms with van der Waals surface area (Å²) in [5, 5.41) is 6.34. The summed E-state index contributed by atoms with van der Waals surface area (Å²) < 4.78 is 0. The van der Waals surface area contributed by atoms with E-state index in [1.807, 2.05) is 14.1 Å². The Kier molecular flexibility index (Phi) is 5.77. The second kappa shape index (κ2) is 6.86. The zero-order valence-corrected chi connectivity index (χ0v) is 10.8. The van der Waals surface area contributed by atoms with Crippen LogP contribution in [0.5, 0.6) is 0 Å². The molecule has 1 aliphatic rings. The van der Waals surface area contributed by atoms with Gasteiger partial charge in [-0.3, -0.25) is 4.79 Å². The molecule has 0 aromatic rings. The highest BCUT2D eigenvalue weighted by Gasteiger charge is 2.23. The van der Waals surface area contributed by atoms with Crippen molar-refractivity contribution in [3.63, 3.8) is 0 Å². The van der Waals surface area contributed by atoms with Crippen molar-refractivity contribution in [1.82, 2.24) is 15.5 Å². The van der Waals surface area contributed by atoms with Gasteiger partial charge in [0.2, 0.25) is 5.91 Å². The van der Waals surface area contributed by atoms with Gasteiger partial charge in [0.05, 0.1) is 6.04 Å². The number of hydrogen-bond donors (Lipinski definition) is 2. The first-order valence-corrected chi connectivity index (χ1v) is 6.28. The number of piperidine rings is 1. The van der Waals surface area contributed by atoms with Crippen molar-refractivity contribution < 1.29 is 4.79 Å². The standard InChI is InChI=1S/C12H25N3O/c1-10-6-4-7-11(14-10)12(16)13-8-5-9-15(2)3/h10-11,14H,4-9H2,1-3H3,(H,13,16). The lowest BCUT2D eigenvalue weighted by atomic mass is 9.99. The molecule has 0 radical (unpaired) electrons. The van der Waals surface area contributed by atoms with E-state index in [-0.39, 0.29) is 11.9 Å². The molecular weight excluding hydrogens is 202 g/mol. The predicted molar refractivity (Wildman–Crippen MR) is 66.4 cm³/mol. The van der Waals surface area contributed by atoms with Crippen molar-refractivity contribution in [2.45, 2.75) is 44.7 Å². The van der Waals surface area contributed by atoms with E-state index < -0.39 is 0 Å².